The zero-order valence-corrected chi connectivity index (χ0v) is 15.1. The molecule has 0 atom stereocenters. The summed E-state index contributed by atoms with van der Waals surface area (Å²) in [7, 11) is 1.76. The van der Waals surface area contributed by atoms with Crippen LogP contribution < -0.4 is 5.32 Å². The van der Waals surface area contributed by atoms with Gasteiger partial charge in [-0.3, -0.25) is 0 Å². The van der Waals surface area contributed by atoms with Crippen molar-refractivity contribution >= 4 is 15.9 Å². The Bertz CT molecular complexity index is 448. The van der Waals surface area contributed by atoms with Crippen LogP contribution in [0.25, 0.3) is 0 Å². The van der Waals surface area contributed by atoms with E-state index in [1.54, 1.807) is 7.11 Å². The fourth-order valence-corrected chi connectivity index (χ4v) is 4.28. The third-order valence-electron chi connectivity index (χ3n) is 5.31. The van der Waals surface area contributed by atoms with Gasteiger partial charge in [-0.1, -0.05) is 54.8 Å². The van der Waals surface area contributed by atoms with E-state index < -0.39 is 0 Å². The molecule has 1 saturated carbocycles. The molecule has 118 valence electrons. The van der Waals surface area contributed by atoms with Crippen LogP contribution in [0.2, 0.25) is 0 Å². The summed E-state index contributed by atoms with van der Waals surface area (Å²) >= 11 is 3.62. The first-order valence-corrected chi connectivity index (χ1v) is 8.85. The molecule has 1 fully saturated rings. The minimum Gasteiger partial charge on any atom is -0.383 e. The van der Waals surface area contributed by atoms with Crippen LogP contribution in [-0.4, -0.2) is 26.8 Å². The van der Waals surface area contributed by atoms with Crippen LogP contribution in [0, 0.1) is 5.41 Å². The minimum absolute atomic E-state index is 0.295. The predicted octanol–water partition coefficient (Wildman–Crippen LogP) is 4.52. The summed E-state index contributed by atoms with van der Waals surface area (Å²) in [4.78, 5) is 0. The number of methoxy groups -OCH3 is 1. The second-order valence-electron chi connectivity index (χ2n) is 6.52. The van der Waals surface area contributed by atoms with Crippen LogP contribution in [0.1, 0.15) is 45.1 Å². The number of rotatable bonds is 8. The van der Waals surface area contributed by atoms with E-state index in [0.717, 1.165) is 19.7 Å². The quantitative estimate of drug-likeness (QED) is 0.693. The molecule has 1 aliphatic carbocycles. The van der Waals surface area contributed by atoms with E-state index >= 15 is 0 Å². The summed E-state index contributed by atoms with van der Waals surface area (Å²) in [6, 6.07) is 8.86. The average Bonchev–Trinajstić information content (AvgIpc) is 2.46. The van der Waals surface area contributed by atoms with Crippen LogP contribution in [0.5, 0.6) is 0 Å². The molecule has 0 radical (unpaired) electrons. The summed E-state index contributed by atoms with van der Waals surface area (Å²) in [5.41, 5.74) is 2.31. The topological polar surface area (TPSA) is 21.3 Å². The van der Waals surface area contributed by atoms with Gasteiger partial charge in [-0.05, 0) is 36.0 Å². The Labute approximate surface area is 137 Å². The summed E-state index contributed by atoms with van der Waals surface area (Å²) in [6.07, 6.45) is 5.17. The first-order valence-electron chi connectivity index (χ1n) is 8.05. The Hall–Kier alpha value is -0.380. The Morgan fingerprint density at radius 1 is 1.24 bits per heavy atom. The molecule has 0 amide bonds. The van der Waals surface area contributed by atoms with E-state index in [-0.39, 0.29) is 0 Å². The monoisotopic (exact) mass is 353 g/mol. The summed E-state index contributed by atoms with van der Waals surface area (Å²) in [5.74, 6) is 0. The lowest BCUT2D eigenvalue weighted by Gasteiger charge is -2.57. The minimum atomic E-state index is 0.295. The van der Waals surface area contributed by atoms with Crippen LogP contribution >= 0.6 is 15.9 Å². The average molecular weight is 354 g/mol. The molecule has 3 heteroatoms. The molecule has 1 N–H and O–H groups in total. The second-order valence-corrected chi connectivity index (χ2v) is 7.44. The van der Waals surface area contributed by atoms with E-state index in [2.05, 4.69) is 59.4 Å². The van der Waals surface area contributed by atoms with E-state index in [9.17, 15) is 0 Å². The van der Waals surface area contributed by atoms with Gasteiger partial charge in [0.15, 0.2) is 0 Å². The van der Waals surface area contributed by atoms with Crippen LogP contribution in [0.15, 0.2) is 28.7 Å². The molecule has 2 rings (SSSR count). The third-order valence-corrected chi connectivity index (χ3v) is 5.80. The maximum Gasteiger partial charge on any atom is 0.0587 e. The Morgan fingerprint density at radius 3 is 2.52 bits per heavy atom. The lowest BCUT2D eigenvalue weighted by Crippen LogP contribution is -2.54. The fourth-order valence-electron chi connectivity index (χ4n) is 3.89. The zero-order chi connectivity index (χ0) is 15.3. The normalized spacial score (nSPS) is 19.2. The SMILES string of the molecule is CCC1(CC)CC(CNCCOC)(c2cccc(Br)c2)C1. The second kappa shape index (κ2) is 7.26. The molecular formula is C18H28BrNO. The number of benzene rings is 1. The van der Waals surface area contributed by atoms with Gasteiger partial charge in [-0.25, -0.2) is 0 Å². The largest absolute Gasteiger partial charge is 0.383 e. The van der Waals surface area contributed by atoms with E-state index in [1.165, 1.54) is 35.7 Å². The molecule has 0 unspecified atom stereocenters. The van der Waals surface area contributed by atoms with Crippen LogP contribution in [-0.2, 0) is 10.2 Å². The van der Waals surface area contributed by atoms with Crippen LogP contribution in [0.4, 0.5) is 0 Å². The van der Waals surface area contributed by atoms with E-state index in [0.29, 0.717) is 10.8 Å². The Balaban J connectivity index is 2.13. The van der Waals surface area contributed by atoms with Gasteiger partial charge in [0.2, 0.25) is 0 Å². The van der Waals surface area contributed by atoms with E-state index in [4.69, 9.17) is 4.74 Å². The summed E-state index contributed by atoms with van der Waals surface area (Å²) in [5, 5.41) is 3.59. The number of nitrogens with one attached hydrogen (secondary N) is 1. The highest BCUT2D eigenvalue weighted by atomic mass is 79.9. The first-order chi connectivity index (χ1) is 10.1. The summed E-state index contributed by atoms with van der Waals surface area (Å²) < 4.78 is 6.33. The van der Waals surface area contributed by atoms with Crippen LogP contribution in [0.3, 0.4) is 0 Å². The molecule has 21 heavy (non-hydrogen) atoms. The Morgan fingerprint density at radius 2 is 1.95 bits per heavy atom. The molecule has 0 saturated heterocycles. The van der Waals surface area contributed by atoms with Gasteiger partial charge in [-0.15, -0.1) is 0 Å². The highest BCUT2D eigenvalue weighted by Crippen LogP contribution is 2.59. The lowest BCUT2D eigenvalue weighted by atomic mass is 9.48. The van der Waals surface area contributed by atoms with Crippen molar-refractivity contribution in [3.63, 3.8) is 0 Å². The number of halogens is 1. The maximum absolute atomic E-state index is 5.15. The number of hydrogen-bond acceptors (Lipinski definition) is 2. The number of hydrogen-bond donors (Lipinski definition) is 1. The van der Waals surface area contributed by atoms with Gasteiger partial charge in [0.25, 0.3) is 0 Å². The third kappa shape index (κ3) is 3.69. The lowest BCUT2D eigenvalue weighted by molar-refractivity contribution is 0.0121. The molecule has 2 nitrogen and oxygen atoms in total. The highest BCUT2D eigenvalue weighted by Gasteiger charge is 2.52. The van der Waals surface area contributed by atoms with Gasteiger partial charge < -0.3 is 10.1 Å². The molecule has 1 aromatic rings. The van der Waals surface area contributed by atoms with Gasteiger partial charge in [0, 0.05) is 30.1 Å². The molecule has 0 heterocycles. The Kier molecular flexibility index (Phi) is 5.87. The first kappa shape index (κ1) is 17.0. The van der Waals surface area contributed by atoms with Crippen molar-refractivity contribution < 1.29 is 4.74 Å². The molecule has 1 aromatic carbocycles. The van der Waals surface area contributed by atoms with Crippen molar-refractivity contribution in [2.24, 2.45) is 5.41 Å². The van der Waals surface area contributed by atoms with E-state index in [1.807, 2.05) is 0 Å². The van der Waals surface area contributed by atoms with Crippen molar-refractivity contribution in [3.05, 3.63) is 34.3 Å². The highest BCUT2D eigenvalue weighted by molar-refractivity contribution is 9.10. The summed E-state index contributed by atoms with van der Waals surface area (Å²) in [6.45, 7) is 7.44. The molecular weight excluding hydrogens is 326 g/mol. The molecule has 0 aromatic heterocycles. The van der Waals surface area contributed by atoms with Crippen molar-refractivity contribution in [2.45, 2.75) is 44.9 Å². The van der Waals surface area contributed by atoms with Gasteiger partial charge in [-0.2, -0.15) is 0 Å². The standard InChI is InChI=1S/C18H28BrNO/c1-4-17(5-2)12-18(13-17,14-20-9-10-21-3)15-7-6-8-16(19)11-15/h6-8,11,20H,4-5,9-10,12-14H2,1-3H3. The molecule has 0 spiro atoms. The molecule has 0 aliphatic heterocycles. The number of ether oxygens (including phenoxy) is 1. The zero-order valence-electron chi connectivity index (χ0n) is 13.5. The predicted molar refractivity (Wildman–Crippen MR) is 92.8 cm³/mol. The van der Waals surface area contributed by atoms with Crippen molar-refractivity contribution in [1.29, 1.82) is 0 Å². The van der Waals surface area contributed by atoms with Crippen molar-refractivity contribution in [2.75, 3.05) is 26.8 Å². The molecule has 0 bridgehead atoms. The maximum atomic E-state index is 5.15. The molecule has 1 aliphatic rings. The van der Waals surface area contributed by atoms with Gasteiger partial charge in [0.1, 0.15) is 0 Å². The van der Waals surface area contributed by atoms with Crippen molar-refractivity contribution in [1.82, 2.24) is 5.32 Å². The van der Waals surface area contributed by atoms with Crippen molar-refractivity contribution in [3.8, 4) is 0 Å². The smallest absolute Gasteiger partial charge is 0.0587 e. The van der Waals surface area contributed by atoms with Gasteiger partial charge in [0.05, 0.1) is 6.61 Å². The van der Waals surface area contributed by atoms with Gasteiger partial charge >= 0.3 is 0 Å². The fraction of sp³-hybridized carbons (Fsp3) is 0.667.